The molecule has 0 saturated carbocycles. The lowest BCUT2D eigenvalue weighted by Crippen LogP contribution is -2.31. The molecule has 0 saturated heterocycles. The van der Waals surface area contributed by atoms with Gasteiger partial charge in [0.05, 0.1) is 24.9 Å². The van der Waals surface area contributed by atoms with E-state index in [2.05, 4.69) is 17.4 Å². The summed E-state index contributed by atoms with van der Waals surface area (Å²) in [5.74, 6) is 5.60. The molecule has 1 unspecified atom stereocenters. The third-order valence-electron chi connectivity index (χ3n) is 2.73. The van der Waals surface area contributed by atoms with Crippen LogP contribution in [-0.2, 0) is 16.0 Å². The molecule has 6 nitrogen and oxygen atoms in total. The molecule has 104 valence electrons. The van der Waals surface area contributed by atoms with Crippen LogP contribution in [0.1, 0.15) is 31.5 Å². The van der Waals surface area contributed by atoms with Crippen LogP contribution in [0, 0.1) is 0 Å². The minimum Gasteiger partial charge on any atom is -0.382 e. The maximum atomic E-state index is 5.60. The minimum absolute atomic E-state index is 0.0709. The summed E-state index contributed by atoms with van der Waals surface area (Å²) in [6.07, 6.45) is 3.67. The summed E-state index contributed by atoms with van der Waals surface area (Å²) >= 11 is 0. The van der Waals surface area contributed by atoms with E-state index in [0.29, 0.717) is 19.8 Å². The topological polar surface area (TPSA) is 74.3 Å². The van der Waals surface area contributed by atoms with Crippen LogP contribution in [0.5, 0.6) is 0 Å². The van der Waals surface area contributed by atoms with Crippen molar-refractivity contribution in [1.29, 1.82) is 0 Å². The molecule has 1 heterocycles. The molecule has 1 atom stereocenters. The highest BCUT2D eigenvalue weighted by atomic mass is 16.5. The molecule has 0 aliphatic rings. The summed E-state index contributed by atoms with van der Waals surface area (Å²) in [6.45, 7) is 4.92. The van der Waals surface area contributed by atoms with Crippen molar-refractivity contribution in [2.75, 3.05) is 26.9 Å². The Kier molecular flexibility index (Phi) is 7.59. The predicted molar refractivity (Wildman–Crippen MR) is 69.9 cm³/mol. The van der Waals surface area contributed by atoms with Crippen molar-refractivity contribution >= 4 is 0 Å². The Balaban J connectivity index is 2.41. The zero-order valence-electron chi connectivity index (χ0n) is 11.3. The summed E-state index contributed by atoms with van der Waals surface area (Å²) in [7, 11) is 1.66. The first kappa shape index (κ1) is 15.1. The lowest BCUT2D eigenvalue weighted by molar-refractivity contribution is 0.0654. The highest BCUT2D eigenvalue weighted by molar-refractivity contribution is 5.06. The molecule has 0 aromatic carbocycles. The molecule has 0 bridgehead atoms. The Hall–Kier alpha value is -0.950. The first-order valence-electron chi connectivity index (χ1n) is 6.38. The molecule has 0 fully saturated rings. The molecule has 1 aromatic heterocycles. The quantitative estimate of drug-likeness (QED) is 0.369. The molecule has 18 heavy (non-hydrogen) atoms. The van der Waals surface area contributed by atoms with Gasteiger partial charge in [0.25, 0.3) is 0 Å². The average Bonchev–Trinajstić information content (AvgIpc) is 2.83. The van der Waals surface area contributed by atoms with E-state index in [1.807, 2.05) is 10.7 Å². The van der Waals surface area contributed by atoms with E-state index < -0.39 is 0 Å². The highest BCUT2D eigenvalue weighted by Gasteiger charge is 2.14. The number of ether oxygens (including phenoxy) is 2. The fourth-order valence-corrected chi connectivity index (χ4v) is 1.80. The van der Waals surface area contributed by atoms with Gasteiger partial charge in [-0.25, -0.2) is 0 Å². The van der Waals surface area contributed by atoms with E-state index in [4.69, 9.17) is 15.3 Å². The van der Waals surface area contributed by atoms with Gasteiger partial charge in [0.15, 0.2) is 0 Å². The van der Waals surface area contributed by atoms with Crippen molar-refractivity contribution in [3.8, 4) is 0 Å². The van der Waals surface area contributed by atoms with E-state index in [1.165, 1.54) is 0 Å². The van der Waals surface area contributed by atoms with Crippen molar-refractivity contribution in [3.63, 3.8) is 0 Å². The van der Waals surface area contributed by atoms with Crippen molar-refractivity contribution < 1.29 is 9.47 Å². The lowest BCUT2D eigenvalue weighted by Gasteiger charge is -2.17. The molecule has 0 amide bonds. The number of methoxy groups -OCH3 is 1. The van der Waals surface area contributed by atoms with Gasteiger partial charge < -0.3 is 9.47 Å². The summed E-state index contributed by atoms with van der Waals surface area (Å²) < 4.78 is 12.4. The summed E-state index contributed by atoms with van der Waals surface area (Å²) in [5.41, 5.74) is 3.93. The number of aromatic nitrogens is 2. The SMILES string of the molecule is CCCn1nccc1C(CCOCCOC)NN. The predicted octanol–water partition coefficient (Wildman–Crippen LogP) is 0.851. The van der Waals surface area contributed by atoms with Crippen LogP contribution in [0.15, 0.2) is 12.3 Å². The first-order chi connectivity index (χ1) is 8.83. The molecule has 6 heteroatoms. The Morgan fingerprint density at radius 1 is 1.44 bits per heavy atom. The van der Waals surface area contributed by atoms with Crippen LogP contribution in [-0.4, -0.2) is 36.7 Å². The number of hydrogen-bond donors (Lipinski definition) is 2. The third-order valence-corrected chi connectivity index (χ3v) is 2.73. The maximum Gasteiger partial charge on any atom is 0.0700 e. The molecule has 1 rings (SSSR count). The van der Waals surface area contributed by atoms with Gasteiger partial charge in [0, 0.05) is 26.5 Å². The van der Waals surface area contributed by atoms with Crippen molar-refractivity contribution in [2.45, 2.75) is 32.4 Å². The molecular formula is C12H24N4O2. The van der Waals surface area contributed by atoms with Crippen LogP contribution in [0.4, 0.5) is 0 Å². The number of nitrogens with zero attached hydrogens (tertiary/aromatic N) is 2. The fraction of sp³-hybridized carbons (Fsp3) is 0.750. The molecule has 3 N–H and O–H groups in total. The monoisotopic (exact) mass is 256 g/mol. The van der Waals surface area contributed by atoms with E-state index >= 15 is 0 Å². The van der Waals surface area contributed by atoms with Gasteiger partial charge in [-0.3, -0.25) is 16.0 Å². The molecule has 0 radical (unpaired) electrons. The maximum absolute atomic E-state index is 5.60. The van der Waals surface area contributed by atoms with E-state index in [9.17, 15) is 0 Å². The molecule has 0 aliphatic heterocycles. The number of nitrogens with two attached hydrogens (primary N) is 1. The number of nitrogens with one attached hydrogen (secondary N) is 1. The van der Waals surface area contributed by atoms with Crippen LogP contribution in [0.25, 0.3) is 0 Å². The van der Waals surface area contributed by atoms with Crippen LogP contribution < -0.4 is 11.3 Å². The van der Waals surface area contributed by atoms with Gasteiger partial charge in [-0.05, 0) is 18.9 Å². The second-order valence-corrected chi connectivity index (χ2v) is 4.09. The van der Waals surface area contributed by atoms with Gasteiger partial charge in [-0.15, -0.1) is 0 Å². The van der Waals surface area contributed by atoms with Crippen molar-refractivity contribution in [2.24, 2.45) is 5.84 Å². The second-order valence-electron chi connectivity index (χ2n) is 4.09. The van der Waals surface area contributed by atoms with Gasteiger partial charge in [0.2, 0.25) is 0 Å². The third kappa shape index (κ3) is 4.73. The van der Waals surface area contributed by atoms with Crippen LogP contribution in [0.3, 0.4) is 0 Å². The van der Waals surface area contributed by atoms with Crippen LogP contribution in [0.2, 0.25) is 0 Å². The van der Waals surface area contributed by atoms with Gasteiger partial charge in [0.1, 0.15) is 0 Å². The average molecular weight is 256 g/mol. The molecule has 1 aromatic rings. The summed E-state index contributed by atoms with van der Waals surface area (Å²) in [5, 5.41) is 4.29. The number of hydrogen-bond acceptors (Lipinski definition) is 5. The van der Waals surface area contributed by atoms with Gasteiger partial charge >= 0.3 is 0 Å². The van der Waals surface area contributed by atoms with E-state index in [1.54, 1.807) is 13.3 Å². The van der Waals surface area contributed by atoms with E-state index in [0.717, 1.165) is 25.1 Å². The smallest absolute Gasteiger partial charge is 0.0700 e. The Morgan fingerprint density at radius 3 is 2.94 bits per heavy atom. The Morgan fingerprint density at radius 2 is 2.28 bits per heavy atom. The van der Waals surface area contributed by atoms with Crippen molar-refractivity contribution in [3.05, 3.63) is 18.0 Å². The Labute approximate surface area is 108 Å². The fourth-order valence-electron chi connectivity index (χ4n) is 1.80. The number of aryl methyl sites for hydroxylation is 1. The zero-order chi connectivity index (χ0) is 13.2. The van der Waals surface area contributed by atoms with Crippen molar-refractivity contribution in [1.82, 2.24) is 15.2 Å². The number of rotatable bonds is 10. The molecular weight excluding hydrogens is 232 g/mol. The lowest BCUT2D eigenvalue weighted by atomic mass is 10.1. The summed E-state index contributed by atoms with van der Waals surface area (Å²) in [4.78, 5) is 0. The zero-order valence-corrected chi connectivity index (χ0v) is 11.3. The standard InChI is InChI=1S/C12H24N4O2/c1-3-7-16-12(4-6-14-16)11(15-13)5-8-18-10-9-17-2/h4,6,11,15H,3,5,7-10,13H2,1-2H3. The molecule has 0 spiro atoms. The largest absolute Gasteiger partial charge is 0.382 e. The van der Waals surface area contributed by atoms with E-state index in [-0.39, 0.29) is 6.04 Å². The minimum atomic E-state index is 0.0709. The summed E-state index contributed by atoms with van der Waals surface area (Å²) in [6, 6.07) is 2.07. The molecule has 0 aliphatic carbocycles. The van der Waals surface area contributed by atoms with Crippen LogP contribution >= 0.6 is 0 Å². The Bertz CT molecular complexity index is 317. The van der Waals surface area contributed by atoms with Gasteiger partial charge in [-0.1, -0.05) is 6.92 Å². The highest BCUT2D eigenvalue weighted by Crippen LogP contribution is 2.15. The number of hydrazine groups is 1. The second kappa shape index (κ2) is 9.04. The normalized spacial score (nSPS) is 12.8. The van der Waals surface area contributed by atoms with Gasteiger partial charge in [-0.2, -0.15) is 5.10 Å². The first-order valence-corrected chi connectivity index (χ1v) is 6.38.